The Kier molecular flexibility index (Phi) is 4.83. The van der Waals surface area contributed by atoms with Crippen LogP contribution in [0.1, 0.15) is 47.5 Å². The zero-order valence-corrected chi connectivity index (χ0v) is 14.3. The SMILES string of the molecule is CC1CN(C)C(C)CC1NC1CC1NC(=O)OC(C)(C)C. The van der Waals surface area contributed by atoms with Crippen LogP contribution in [-0.4, -0.2) is 54.4 Å². The molecule has 0 aromatic heterocycles. The largest absolute Gasteiger partial charge is 0.444 e. The van der Waals surface area contributed by atoms with E-state index in [0.717, 1.165) is 13.0 Å². The van der Waals surface area contributed by atoms with Crippen LogP contribution in [0.4, 0.5) is 4.79 Å². The van der Waals surface area contributed by atoms with E-state index in [2.05, 4.69) is 36.4 Å². The molecule has 2 fully saturated rings. The Morgan fingerprint density at radius 1 is 1.14 bits per heavy atom. The molecule has 0 radical (unpaired) electrons. The highest BCUT2D eigenvalue weighted by Gasteiger charge is 2.42. The molecule has 5 unspecified atom stereocenters. The fourth-order valence-electron chi connectivity index (χ4n) is 3.05. The number of hydrogen-bond acceptors (Lipinski definition) is 4. The fourth-order valence-corrected chi connectivity index (χ4v) is 3.05. The van der Waals surface area contributed by atoms with Gasteiger partial charge in [-0.3, -0.25) is 0 Å². The fraction of sp³-hybridized carbons (Fsp3) is 0.938. The summed E-state index contributed by atoms with van der Waals surface area (Å²) < 4.78 is 5.29. The van der Waals surface area contributed by atoms with Gasteiger partial charge in [-0.15, -0.1) is 0 Å². The van der Waals surface area contributed by atoms with Gasteiger partial charge in [0.1, 0.15) is 5.60 Å². The summed E-state index contributed by atoms with van der Waals surface area (Å²) in [6, 6.07) is 1.80. The van der Waals surface area contributed by atoms with Crippen LogP contribution in [0, 0.1) is 5.92 Å². The molecule has 5 nitrogen and oxygen atoms in total. The number of likely N-dealkylation sites (tertiary alicyclic amines) is 1. The van der Waals surface area contributed by atoms with E-state index in [-0.39, 0.29) is 12.1 Å². The van der Waals surface area contributed by atoms with E-state index in [1.807, 2.05) is 20.8 Å². The second kappa shape index (κ2) is 6.13. The van der Waals surface area contributed by atoms with Crippen LogP contribution >= 0.6 is 0 Å². The van der Waals surface area contributed by atoms with Crippen LogP contribution in [0.25, 0.3) is 0 Å². The molecule has 0 aromatic carbocycles. The number of piperidine rings is 1. The Balaban J connectivity index is 1.73. The Morgan fingerprint density at radius 2 is 1.81 bits per heavy atom. The lowest BCUT2D eigenvalue weighted by atomic mass is 9.90. The van der Waals surface area contributed by atoms with Gasteiger partial charge >= 0.3 is 6.09 Å². The standard InChI is InChI=1S/C16H31N3O2/c1-10-9-19(6)11(2)7-12(10)17-13-8-14(13)18-15(20)21-16(3,4)5/h10-14,17H,7-9H2,1-6H3,(H,18,20). The molecule has 5 atom stereocenters. The topological polar surface area (TPSA) is 53.6 Å². The van der Waals surface area contributed by atoms with Gasteiger partial charge in [0.15, 0.2) is 0 Å². The second-order valence-corrected chi connectivity index (χ2v) is 7.87. The first kappa shape index (κ1) is 16.6. The molecule has 122 valence electrons. The van der Waals surface area contributed by atoms with E-state index in [9.17, 15) is 4.79 Å². The van der Waals surface area contributed by atoms with E-state index in [1.165, 1.54) is 6.42 Å². The van der Waals surface area contributed by atoms with Crippen molar-refractivity contribution in [1.29, 1.82) is 0 Å². The predicted octanol–water partition coefficient (Wildman–Crippen LogP) is 1.97. The van der Waals surface area contributed by atoms with Crippen molar-refractivity contribution < 1.29 is 9.53 Å². The van der Waals surface area contributed by atoms with Crippen molar-refractivity contribution in [2.45, 2.75) is 77.2 Å². The lowest BCUT2D eigenvalue weighted by Gasteiger charge is -2.40. The third-order valence-electron chi connectivity index (χ3n) is 4.53. The molecule has 1 saturated carbocycles. The average Bonchev–Trinajstić information content (AvgIpc) is 3.01. The molecule has 0 aromatic rings. The van der Waals surface area contributed by atoms with Gasteiger partial charge in [-0.25, -0.2) is 4.79 Å². The maximum Gasteiger partial charge on any atom is 0.407 e. The van der Waals surface area contributed by atoms with Crippen LogP contribution in [0.5, 0.6) is 0 Å². The molecule has 2 aliphatic rings. The summed E-state index contributed by atoms with van der Waals surface area (Å²) in [7, 11) is 2.20. The van der Waals surface area contributed by atoms with Crippen LogP contribution in [-0.2, 0) is 4.74 Å². The van der Waals surface area contributed by atoms with E-state index in [4.69, 9.17) is 4.74 Å². The number of amides is 1. The summed E-state index contributed by atoms with van der Waals surface area (Å²) in [5.74, 6) is 0.647. The molecule has 0 bridgehead atoms. The zero-order chi connectivity index (χ0) is 15.8. The van der Waals surface area contributed by atoms with Gasteiger partial charge in [0.05, 0.1) is 0 Å². The Labute approximate surface area is 128 Å². The van der Waals surface area contributed by atoms with E-state index in [1.54, 1.807) is 0 Å². The summed E-state index contributed by atoms with van der Waals surface area (Å²) in [5.41, 5.74) is -0.431. The molecule has 1 aliphatic heterocycles. The normalized spacial score (nSPS) is 37.1. The first-order chi connectivity index (χ1) is 9.65. The maximum atomic E-state index is 11.7. The van der Waals surface area contributed by atoms with Crippen molar-refractivity contribution in [3.05, 3.63) is 0 Å². The molecule has 1 heterocycles. The lowest BCUT2D eigenvalue weighted by Crippen LogP contribution is -2.52. The highest BCUT2D eigenvalue weighted by Crippen LogP contribution is 2.27. The van der Waals surface area contributed by atoms with E-state index in [0.29, 0.717) is 24.0 Å². The Bertz CT molecular complexity index is 380. The Morgan fingerprint density at radius 3 is 2.43 bits per heavy atom. The molecule has 1 saturated heterocycles. The molecule has 1 amide bonds. The summed E-state index contributed by atoms with van der Waals surface area (Å²) in [5, 5.41) is 6.67. The molecular weight excluding hydrogens is 266 g/mol. The number of ether oxygens (including phenoxy) is 1. The molecule has 1 aliphatic carbocycles. The van der Waals surface area contributed by atoms with Crippen molar-refractivity contribution in [2.24, 2.45) is 5.92 Å². The zero-order valence-electron chi connectivity index (χ0n) is 14.3. The molecule has 2 rings (SSSR count). The smallest absolute Gasteiger partial charge is 0.407 e. The van der Waals surface area contributed by atoms with Gasteiger partial charge in [-0.1, -0.05) is 6.92 Å². The number of alkyl carbamates (subject to hydrolysis) is 1. The summed E-state index contributed by atoms with van der Waals surface area (Å²) in [6.45, 7) is 11.4. The molecule has 2 N–H and O–H groups in total. The van der Waals surface area contributed by atoms with Gasteiger partial charge in [-0.2, -0.15) is 0 Å². The van der Waals surface area contributed by atoms with E-state index >= 15 is 0 Å². The van der Waals surface area contributed by atoms with Crippen LogP contribution in [0.2, 0.25) is 0 Å². The van der Waals surface area contributed by atoms with Gasteiger partial charge in [0, 0.05) is 30.7 Å². The quantitative estimate of drug-likeness (QED) is 0.836. The minimum Gasteiger partial charge on any atom is -0.444 e. The minimum absolute atomic E-state index is 0.224. The van der Waals surface area contributed by atoms with Crippen molar-refractivity contribution in [2.75, 3.05) is 13.6 Å². The number of carbonyl (C=O) groups is 1. The first-order valence-corrected chi connectivity index (χ1v) is 8.11. The number of nitrogens with zero attached hydrogens (tertiary/aromatic N) is 1. The van der Waals surface area contributed by atoms with Gasteiger partial charge in [0.25, 0.3) is 0 Å². The summed E-state index contributed by atoms with van der Waals surface area (Å²) in [4.78, 5) is 14.2. The third kappa shape index (κ3) is 4.85. The molecule has 5 heteroatoms. The number of nitrogens with one attached hydrogen (secondary N) is 2. The minimum atomic E-state index is -0.431. The molecule has 21 heavy (non-hydrogen) atoms. The van der Waals surface area contributed by atoms with Crippen LogP contribution in [0.3, 0.4) is 0 Å². The second-order valence-electron chi connectivity index (χ2n) is 7.87. The monoisotopic (exact) mass is 297 g/mol. The van der Waals surface area contributed by atoms with Crippen molar-refractivity contribution in [1.82, 2.24) is 15.5 Å². The van der Waals surface area contributed by atoms with Crippen molar-refractivity contribution in [3.63, 3.8) is 0 Å². The lowest BCUT2D eigenvalue weighted by molar-refractivity contribution is 0.0520. The van der Waals surface area contributed by atoms with Gasteiger partial charge in [0.2, 0.25) is 0 Å². The molecule has 0 spiro atoms. The average molecular weight is 297 g/mol. The first-order valence-electron chi connectivity index (χ1n) is 8.11. The Hall–Kier alpha value is -0.810. The maximum absolute atomic E-state index is 11.7. The highest BCUT2D eigenvalue weighted by molar-refractivity contribution is 5.68. The third-order valence-corrected chi connectivity index (χ3v) is 4.53. The predicted molar refractivity (Wildman–Crippen MR) is 84.4 cm³/mol. The summed E-state index contributed by atoms with van der Waals surface area (Å²) in [6.07, 6.45) is 1.88. The van der Waals surface area contributed by atoms with Crippen molar-refractivity contribution in [3.8, 4) is 0 Å². The molecular formula is C16H31N3O2. The van der Waals surface area contributed by atoms with E-state index < -0.39 is 5.60 Å². The van der Waals surface area contributed by atoms with Crippen LogP contribution in [0.15, 0.2) is 0 Å². The summed E-state index contributed by atoms with van der Waals surface area (Å²) >= 11 is 0. The van der Waals surface area contributed by atoms with Crippen molar-refractivity contribution >= 4 is 6.09 Å². The number of hydrogen-bond donors (Lipinski definition) is 2. The van der Waals surface area contributed by atoms with Gasteiger partial charge < -0.3 is 20.3 Å². The number of rotatable bonds is 3. The van der Waals surface area contributed by atoms with Gasteiger partial charge in [-0.05, 0) is 53.5 Å². The highest BCUT2D eigenvalue weighted by atomic mass is 16.6. The van der Waals surface area contributed by atoms with Crippen LogP contribution < -0.4 is 10.6 Å². The number of carbonyl (C=O) groups excluding carboxylic acids is 1.